The van der Waals surface area contributed by atoms with Crippen LogP contribution in [0, 0.1) is 27.7 Å². The molecule has 0 amide bonds. The number of aromatic hydroxyl groups is 2. The SMILES string of the molecule is C[CH]=[Zr+2].Cc1ccc(C)c2[cH-]ccc12.Cc1ccc(C)c2[cH-]ccc12.Oc1ccc(C(F)(F)F)cc1.Oc1ccc(C(F)(F)F)cc1. The number of halogens is 6. The van der Waals surface area contributed by atoms with Crippen LogP contribution in [-0.4, -0.2) is 13.9 Å². The maximum Gasteiger partial charge on any atom is 0.416 e. The number of hydrogen-bond acceptors (Lipinski definition) is 2. The van der Waals surface area contributed by atoms with Gasteiger partial charge in [0.15, 0.2) is 0 Å². The Balaban J connectivity index is 0.000000212. The maximum atomic E-state index is 11.8. The second kappa shape index (κ2) is 17.8. The van der Waals surface area contributed by atoms with Gasteiger partial charge in [-0.05, 0) is 62.4 Å². The zero-order valence-corrected chi connectivity index (χ0v) is 29.1. The van der Waals surface area contributed by atoms with Crippen LogP contribution < -0.4 is 0 Å². The first-order chi connectivity index (χ1) is 22.0. The van der Waals surface area contributed by atoms with Crippen molar-refractivity contribution in [2.45, 2.75) is 47.0 Å². The molecule has 0 heterocycles. The van der Waals surface area contributed by atoms with Crippen LogP contribution in [0.5, 0.6) is 11.5 Å². The predicted octanol–water partition coefficient (Wildman–Crippen LogP) is 11.5. The number of hydrogen-bond donors (Lipinski definition) is 2. The molecule has 0 aliphatic heterocycles. The Bertz CT molecular complexity index is 1620. The van der Waals surface area contributed by atoms with Gasteiger partial charge < -0.3 is 10.2 Å². The van der Waals surface area contributed by atoms with Crippen molar-refractivity contribution >= 4 is 25.3 Å². The second-order valence-electron chi connectivity index (χ2n) is 10.5. The van der Waals surface area contributed by atoms with Crippen LogP contribution in [0.2, 0.25) is 0 Å². The fourth-order valence-corrected chi connectivity index (χ4v) is 4.38. The molecule has 0 bridgehead atoms. The van der Waals surface area contributed by atoms with Gasteiger partial charge in [-0.15, -0.1) is 56.9 Å². The Morgan fingerprint density at radius 2 is 0.787 bits per heavy atom. The topological polar surface area (TPSA) is 40.5 Å². The number of fused-ring (bicyclic) bond motifs is 2. The zero-order chi connectivity index (χ0) is 35.4. The Labute approximate surface area is 286 Å². The largest absolute Gasteiger partial charge is 0.508 e. The van der Waals surface area contributed by atoms with Crippen molar-refractivity contribution in [1.29, 1.82) is 0 Å². The third kappa shape index (κ3) is 12.3. The van der Waals surface area contributed by atoms with Gasteiger partial charge in [0, 0.05) is 0 Å². The standard InChI is InChI=1S/2C11H11.2C7H5F3O.C2H4.Zr/c2*1-8-6-7-9(2)11-5-3-4-10(8)11;2*8-7(9,10)5-1-3-6(11)4-2-5;1-2;/h2*3-7H,1-2H3;2*1-4,11H;1H,2H3;/q2*-1;;;;+2. The van der Waals surface area contributed by atoms with Gasteiger partial charge >= 0.3 is 47.2 Å². The second-order valence-corrected chi connectivity index (χ2v) is 11.9. The molecule has 2 nitrogen and oxygen atoms in total. The summed E-state index contributed by atoms with van der Waals surface area (Å²) in [6, 6.07) is 29.0. The van der Waals surface area contributed by atoms with Crippen molar-refractivity contribution in [1.82, 2.24) is 0 Å². The van der Waals surface area contributed by atoms with Crippen molar-refractivity contribution in [3.63, 3.8) is 0 Å². The van der Waals surface area contributed by atoms with E-state index in [1.165, 1.54) is 68.0 Å². The summed E-state index contributed by atoms with van der Waals surface area (Å²) in [5, 5.41) is 22.9. The monoisotopic (exact) mass is 728 g/mol. The molecule has 47 heavy (non-hydrogen) atoms. The van der Waals surface area contributed by atoms with E-state index in [2.05, 4.69) is 92.1 Å². The molecule has 0 saturated carbocycles. The van der Waals surface area contributed by atoms with Crippen molar-refractivity contribution < 1.29 is 60.8 Å². The Morgan fingerprint density at radius 3 is 1.04 bits per heavy atom. The summed E-state index contributed by atoms with van der Waals surface area (Å²) in [5.74, 6) is -0.337. The third-order valence-electron chi connectivity index (χ3n) is 6.89. The molecule has 0 aliphatic carbocycles. The van der Waals surface area contributed by atoms with E-state index in [1.807, 2.05) is 6.92 Å². The molecule has 0 spiro atoms. The summed E-state index contributed by atoms with van der Waals surface area (Å²) in [7, 11) is 0. The first-order valence-electron chi connectivity index (χ1n) is 14.4. The molecule has 6 aromatic carbocycles. The minimum absolute atomic E-state index is 0.169. The molecule has 0 atom stereocenters. The summed E-state index contributed by atoms with van der Waals surface area (Å²) >= 11 is 1.51. The van der Waals surface area contributed by atoms with Crippen LogP contribution in [0.1, 0.15) is 40.3 Å². The summed E-state index contributed by atoms with van der Waals surface area (Å²) in [5.41, 5.74) is 3.98. The van der Waals surface area contributed by atoms with E-state index < -0.39 is 23.5 Å². The summed E-state index contributed by atoms with van der Waals surface area (Å²) < 4.78 is 73.1. The van der Waals surface area contributed by atoms with Crippen molar-refractivity contribution in [3.8, 4) is 11.5 Å². The van der Waals surface area contributed by atoms with Crippen molar-refractivity contribution in [2.75, 3.05) is 0 Å². The van der Waals surface area contributed by atoms with E-state index in [4.69, 9.17) is 10.2 Å². The third-order valence-corrected chi connectivity index (χ3v) is 6.89. The molecule has 0 unspecified atom stereocenters. The van der Waals surface area contributed by atoms with Gasteiger partial charge in [0.1, 0.15) is 11.5 Å². The molecular weight excluding hydrogens is 694 g/mol. The Morgan fingerprint density at radius 1 is 0.511 bits per heavy atom. The molecule has 0 fully saturated rings. The molecule has 9 heteroatoms. The van der Waals surface area contributed by atoms with Crippen LogP contribution >= 0.6 is 0 Å². The molecule has 0 aromatic heterocycles. The molecule has 6 aromatic rings. The average molecular weight is 730 g/mol. The van der Waals surface area contributed by atoms with Gasteiger partial charge in [-0.25, -0.2) is 0 Å². The minimum Gasteiger partial charge on any atom is -0.508 e. The molecule has 246 valence electrons. The van der Waals surface area contributed by atoms with E-state index in [0.29, 0.717) is 0 Å². The number of aryl methyl sites for hydroxylation is 4. The summed E-state index contributed by atoms with van der Waals surface area (Å²) in [4.78, 5) is 0. The van der Waals surface area contributed by atoms with Crippen LogP contribution in [-0.2, 0) is 36.6 Å². The Kier molecular flexibility index (Phi) is 14.9. The minimum atomic E-state index is -4.33. The maximum absolute atomic E-state index is 11.8. The first-order valence-corrected chi connectivity index (χ1v) is 15.8. The summed E-state index contributed by atoms with van der Waals surface area (Å²) in [6.45, 7) is 10.7. The van der Waals surface area contributed by atoms with E-state index in [1.54, 1.807) is 0 Å². The molecular formula is C38H36F6O2Zr. The fraction of sp³-hybridized carbons (Fsp3) is 0.184. The number of phenols is 2. The van der Waals surface area contributed by atoms with E-state index >= 15 is 0 Å². The van der Waals surface area contributed by atoms with E-state index in [-0.39, 0.29) is 11.5 Å². The number of alkyl halides is 6. The van der Waals surface area contributed by atoms with Crippen LogP contribution in [0.15, 0.2) is 109 Å². The van der Waals surface area contributed by atoms with Crippen molar-refractivity contribution in [3.05, 3.63) is 143 Å². The van der Waals surface area contributed by atoms with Gasteiger partial charge in [-0.1, -0.05) is 37.1 Å². The molecule has 0 radical (unpaired) electrons. The number of phenolic OH excluding ortho intramolecular Hbond substituents is 2. The quantitative estimate of drug-likeness (QED) is 0.121. The molecule has 6 rings (SSSR count). The smallest absolute Gasteiger partial charge is 0.416 e. The zero-order valence-electron chi connectivity index (χ0n) is 26.6. The first kappa shape index (κ1) is 39.2. The average Bonchev–Trinajstić information content (AvgIpc) is 3.70. The number of benzene rings is 4. The van der Waals surface area contributed by atoms with Crippen LogP contribution in [0.25, 0.3) is 21.5 Å². The molecule has 0 aliphatic rings. The van der Waals surface area contributed by atoms with Crippen LogP contribution in [0.3, 0.4) is 0 Å². The normalized spacial score (nSPS) is 10.7. The van der Waals surface area contributed by atoms with Gasteiger partial charge in [0.25, 0.3) is 0 Å². The molecule has 2 N–H and O–H groups in total. The number of rotatable bonds is 0. The van der Waals surface area contributed by atoms with E-state index in [0.717, 1.165) is 48.5 Å². The van der Waals surface area contributed by atoms with Crippen molar-refractivity contribution in [2.24, 2.45) is 0 Å². The van der Waals surface area contributed by atoms with Gasteiger partial charge in [0.05, 0.1) is 11.1 Å². The summed E-state index contributed by atoms with van der Waals surface area (Å²) in [6.07, 6.45) is -8.65. The predicted molar refractivity (Wildman–Crippen MR) is 176 cm³/mol. The Hall–Kier alpha value is -3.97. The van der Waals surface area contributed by atoms with Crippen LogP contribution in [0.4, 0.5) is 26.3 Å². The van der Waals surface area contributed by atoms with Gasteiger partial charge in [0.2, 0.25) is 0 Å². The molecule has 0 saturated heterocycles. The van der Waals surface area contributed by atoms with Gasteiger partial charge in [-0.3, -0.25) is 0 Å². The fourth-order valence-electron chi connectivity index (χ4n) is 4.38. The van der Waals surface area contributed by atoms with E-state index in [9.17, 15) is 26.3 Å². The van der Waals surface area contributed by atoms with Gasteiger partial charge in [-0.2, -0.15) is 50.6 Å².